The predicted molar refractivity (Wildman–Crippen MR) is 43.7 cm³/mol. The fourth-order valence-corrected chi connectivity index (χ4v) is 0.697. The molecule has 0 aliphatic rings. The molecule has 64 valence electrons. The molecule has 0 aliphatic heterocycles. The molecule has 0 radical (unpaired) electrons. The number of nitrogens with one attached hydrogen (secondary N) is 2. The summed E-state index contributed by atoms with van der Waals surface area (Å²) in [5, 5.41) is 0. The molecule has 1 heterocycles. The Kier molecular flexibility index (Phi) is 2.57. The lowest BCUT2D eigenvalue weighted by Crippen LogP contribution is -2.30. The van der Waals surface area contributed by atoms with Crippen molar-refractivity contribution in [3.8, 4) is 0 Å². The Bertz CT molecular complexity index is 270. The molecule has 0 unspecified atom stereocenters. The van der Waals surface area contributed by atoms with E-state index in [2.05, 4.69) is 10.4 Å². The quantitative estimate of drug-likeness (QED) is 0.256. The van der Waals surface area contributed by atoms with Crippen molar-refractivity contribution in [3.63, 3.8) is 0 Å². The van der Waals surface area contributed by atoms with Gasteiger partial charge in [-0.1, -0.05) is 0 Å². The number of pyridine rings is 1. The highest BCUT2D eigenvalue weighted by Crippen LogP contribution is 2.02. The van der Waals surface area contributed by atoms with Crippen molar-refractivity contribution in [2.75, 3.05) is 5.43 Å². The van der Waals surface area contributed by atoms with Gasteiger partial charge in [-0.2, -0.15) is 0 Å². The third-order valence-corrected chi connectivity index (χ3v) is 1.30. The summed E-state index contributed by atoms with van der Waals surface area (Å²) in [6, 6.07) is 3.13. The molecule has 0 atom stereocenters. The number of nitrogens with zero attached hydrogens (tertiary/aromatic N) is 1. The minimum absolute atomic E-state index is 0.383. The van der Waals surface area contributed by atoms with Crippen molar-refractivity contribution in [1.82, 2.24) is 10.4 Å². The smallest absolute Gasteiger partial charge is 0.266 e. The topological polar surface area (TPSA) is 106 Å². The first kappa shape index (κ1) is 8.44. The monoisotopic (exact) mass is 167 g/mol. The lowest BCUT2D eigenvalue weighted by Gasteiger charge is -2.00. The van der Waals surface area contributed by atoms with Crippen LogP contribution >= 0.6 is 0 Å². The molecule has 0 fully saturated rings. The Morgan fingerprint density at radius 1 is 1.42 bits per heavy atom. The summed E-state index contributed by atoms with van der Waals surface area (Å²) in [4.78, 5) is 14.7. The first-order valence-corrected chi connectivity index (χ1v) is 3.21. The second kappa shape index (κ2) is 3.65. The van der Waals surface area contributed by atoms with Crippen LogP contribution in [0, 0.1) is 0 Å². The van der Waals surface area contributed by atoms with Gasteiger partial charge in [-0.15, -0.1) is 0 Å². The highest BCUT2D eigenvalue weighted by atomic mass is 16.2. The molecule has 6 heteroatoms. The number of aromatic nitrogens is 1. The van der Waals surface area contributed by atoms with Crippen molar-refractivity contribution in [2.45, 2.75) is 0 Å². The highest BCUT2D eigenvalue weighted by Gasteiger charge is 2.02. The second-order valence-electron chi connectivity index (χ2n) is 2.05. The molecule has 0 spiro atoms. The van der Waals surface area contributed by atoms with Gasteiger partial charge in [0.25, 0.3) is 5.91 Å². The number of hydrogen-bond acceptors (Lipinski definition) is 5. The molecule has 1 aromatic rings. The van der Waals surface area contributed by atoms with Gasteiger partial charge in [0, 0.05) is 6.20 Å². The van der Waals surface area contributed by atoms with Gasteiger partial charge in [0.2, 0.25) is 0 Å². The van der Waals surface area contributed by atoms with Gasteiger partial charge < -0.3 is 5.43 Å². The lowest BCUT2D eigenvalue weighted by atomic mass is 10.3. The third kappa shape index (κ3) is 1.68. The summed E-state index contributed by atoms with van der Waals surface area (Å²) in [7, 11) is 0. The number of hydrazine groups is 2. The maximum atomic E-state index is 10.9. The fourth-order valence-electron chi connectivity index (χ4n) is 0.697. The fraction of sp³-hybridized carbons (Fsp3) is 0. The Morgan fingerprint density at radius 3 is 2.58 bits per heavy atom. The molecule has 6 N–H and O–H groups in total. The van der Waals surface area contributed by atoms with Crippen molar-refractivity contribution in [2.24, 2.45) is 11.7 Å². The van der Waals surface area contributed by atoms with Crippen molar-refractivity contribution in [3.05, 3.63) is 23.9 Å². The van der Waals surface area contributed by atoms with Crippen molar-refractivity contribution in [1.29, 1.82) is 0 Å². The number of carbonyl (C=O) groups is 1. The van der Waals surface area contributed by atoms with E-state index in [1.807, 2.05) is 5.43 Å². The number of nitrogens with two attached hydrogens (primary N) is 2. The molecule has 6 nitrogen and oxygen atoms in total. The second-order valence-corrected chi connectivity index (χ2v) is 2.05. The van der Waals surface area contributed by atoms with Crippen molar-refractivity contribution >= 4 is 11.7 Å². The van der Waals surface area contributed by atoms with Crippen LogP contribution in [-0.2, 0) is 0 Å². The molecular formula is C6H9N5O. The number of rotatable bonds is 2. The SMILES string of the molecule is NNC(=O)c1ccc(NN)nc1. The van der Waals surface area contributed by atoms with Crippen LogP contribution in [0.25, 0.3) is 0 Å². The van der Waals surface area contributed by atoms with Gasteiger partial charge >= 0.3 is 0 Å². The maximum Gasteiger partial charge on any atom is 0.266 e. The molecule has 0 bridgehead atoms. The van der Waals surface area contributed by atoms with Crippen LogP contribution in [0.1, 0.15) is 10.4 Å². The van der Waals surface area contributed by atoms with Crippen LogP contribution in [-0.4, -0.2) is 10.9 Å². The zero-order chi connectivity index (χ0) is 8.97. The Labute approximate surface area is 68.9 Å². The number of hydrogen-bond donors (Lipinski definition) is 4. The maximum absolute atomic E-state index is 10.9. The number of amides is 1. The van der Waals surface area contributed by atoms with E-state index in [-0.39, 0.29) is 5.91 Å². The standard InChI is InChI=1S/C6H9N5O/c7-10-5-2-1-4(3-9-5)6(12)11-8/h1-3H,7-8H2,(H,9,10)(H,11,12). The van der Waals surface area contributed by atoms with E-state index in [9.17, 15) is 4.79 Å². The lowest BCUT2D eigenvalue weighted by molar-refractivity contribution is 0.0953. The first-order valence-electron chi connectivity index (χ1n) is 3.21. The summed E-state index contributed by atoms with van der Waals surface area (Å²) in [5.74, 6) is 10.1. The van der Waals surface area contributed by atoms with E-state index >= 15 is 0 Å². The van der Waals surface area contributed by atoms with E-state index in [4.69, 9.17) is 11.7 Å². The Balaban J connectivity index is 2.84. The molecule has 0 aliphatic carbocycles. The number of carbonyl (C=O) groups excluding carboxylic acids is 1. The van der Waals surface area contributed by atoms with Crippen molar-refractivity contribution < 1.29 is 4.79 Å². The van der Waals surface area contributed by atoms with E-state index in [0.717, 1.165) is 0 Å². The Morgan fingerprint density at radius 2 is 2.17 bits per heavy atom. The normalized spacial score (nSPS) is 9.17. The van der Waals surface area contributed by atoms with Gasteiger partial charge in [0.1, 0.15) is 5.82 Å². The molecule has 12 heavy (non-hydrogen) atoms. The molecule has 1 aromatic heterocycles. The predicted octanol–water partition coefficient (Wildman–Crippen LogP) is -1.03. The molecular weight excluding hydrogens is 158 g/mol. The number of nitrogen functional groups attached to an aromatic ring is 2. The summed E-state index contributed by atoms with van der Waals surface area (Å²) in [6.45, 7) is 0. The molecule has 1 amide bonds. The summed E-state index contributed by atoms with van der Waals surface area (Å²) < 4.78 is 0. The van der Waals surface area contributed by atoms with Crippen LogP contribution in [0.4, 0.5) is 5.82 Å². The molecule has 0 saturated carbocycles. The van der Waals surface area contributed by atoms with E-state index in [1.165, 1.54) is 6.20 Å². The van der Waals surface area contributed by atoms with Gasteiger partial charge in [-0.25, -0.2) is 16.7 Å². The van der Waals surface area contributed by atoms with Gasteiger partial charge in [-0.3, -0.25) is 10.2 Å². The van der Waals surface area contributed by atoms with E-state index < -0.39 is 0 Å². The molecule has 1 rings (SSSR count). The zero-order valence-electron chi connectivity index (χ0n) is 6.24. The van der Waals surface area contributed by atoms with Gasteiger partial charge in [0.05, 0.1) is 5.56 Å². The van der Waals surface area contributed by atoms with Crippen LogP contribution in [0.5, 0.6) is 0 Å². The molecule has 0 aromatic carbocycles. The van der Waals surface area contributed by atoms with Gasteiger partial charge in [0.15, 0.2) is 0 Å². The van der Waals surface area contributed by atoms with Crippen LogP contribution in [0.3, 0.4) is 0 Å². The zero-order valence-corrected chi connectivity index (χ0v) is 6.24. The minimum atomic E-state index is -0.383. The Hall–Kier alpha value is -1.66. The average Bonchev–Trinajstić information content (AvgIpc) is 2.17. The van der Waals surface area contributed by atoms with E-state index in [0.29, 0.717) is 11.4 Å². The van der Waals surface area contributed by atoms with E-state index in [1.54, 1.807) is 12.1 Å². The van der Waals surface area contributed by atoms with Crippen LogP contribution in [0.15, 0.2) is 18.3 Å². The summed E-state index contributed by atoms with van der Waals surface area (Å²) in [6.07, 6.45) is 1.37. The largest absolute Gasteiger partial charge is 0.308 e. The average molecular weight is 167 g/mol. The number of anilines is 1. The minimum Gasteiger partial charge on any atom is -0.308 e. The summed E-state index contributed by atoms with van der Waals surface area (Å²) in [5.41, 5.74) is 4.71. The highest BCUT2D eigenvalue weighted by molar-refractivity contribution is 5.93. The third-order valence-electron chi connectivity index (χ3n) is 1.30. The summed E-state index contributed by atoms with van der Waals surface area (Å²) >= 11 is 0. The van der Waals surface area contributed by atoms with Crippen LogP contribution in [0.2, 0.25) is 0 Å². The van der Waals surface area contributed by atoms with Gasteiger partial charge in [-0.05, 0) is 12.1 Å². The van der Waals surface area contributed by atoms with Crippen LogP contribution < -0.4 is 22.5 Å². The molecule has 0 saturated heterocycles. The first-order chi connectivity index (χ1) is 5.77.